The third-order valence-electron chi connectivity index (χ3n) is 11.3. The fourth-order valence-corrected chi connectivity index (χ4v) is 8.58. The van der Waals surface area contributed by atoms with Crippen LogP contribution in [0.2, 0.25) is 0 Å². The van der Waals surface area contributed by atoms with Crippen LogP contribution in [0.1, 0.15) is 0 Å². The summed E-state index contributed by atoms with van der Waals surface area (Å²) in [6, 6.07) is 65.3. The normalized spacial score (nSPS) is 11.8. The molecule has 0 aliphatic carbocycles. The third-order valence-corrected chi connectivity index (χ3v) is 11.3. The first kappa shape index (κ1) is 32.4. The van der Waals surface area contributed by atoms with Gasteiger partial charge in [-0.15, -0.1) is 0 Å². The van der Waals surface area contributed by atoms with E-state index in [-0.39, 0.29) is 0 Å². The van der Waals surface area contributed by atoms with E-state index in [0.29, 0.717) is 17.5 Å². The van der Waals surface area contributed by atoms with Gasteiger partial charge in [0.2, 0.25) is 0 Å². The molecule has 12 rings (SSSR count). The fourth-order valence-electron chi connectivity index (χ4n) is 8.58. The molecule has 0 bridgehead atoms. The standard InChI is InChI=1S/C53H31N3O2/c1-2-12-35(13-3-1)51-54-52(56-53(55-51)43-18-10-17-41-40-15-6-8-19-45(40)58-50(41)43)36-26-24-34(25-27-36)48-39(29-30-47-49(48)42-16-7-9-20-46(42)57-47)37-28-23-33-22-21-32-11-4-5-14-38(32)44(33)31-37/h1-31H. The predicted molar refractivity (Wildman–Crippen MR) is 237 cm³/mol. The molecule has 0 saturated heterocycles. The summed E-state index contributed by atoms with van der Waals surface area (Å²) in [5, 5.41) is 9.17. The van der Waals surface area contributed by atoms with Crippen LogP contribution in [-0.2, 0) is 0 Å². The highest BCUT2D eigenvalue weighted by Crippen LogP contribution is 2.44. The Kier molecular flexibility index (Phi) is 7.16. The first-order chi connectivity index (χ1) is 28.7. The maximum Gasteiger partial charge on any atom is 0.167 e. The highest BCUT2D eigenvalue weighted by atomic mass is 16.3. The van der Waals surface area contributed by atoms with Gasteiger partial charge in [-0.25, -0.2) is 15.0 Å². The molecule has 5 heteroatoms. The largest absolute Gasteiger partial charge is 0.456 e. The maximum absolute atomic E-state index is 6.45. The van der Waals surface area contributed by atoms with Gasteiger partial charge in [0.25, 0.3) is 0 Å². The quantitative estimate of drug-likeness (QED) is 0.164. The zero-order chi connectivity index (χ0) is 38.2. The molecule has 12 aromatic rings. The lowest BCUT2D eigenvalue weighted by atomic mass is 9.89. The lowest BCUT2D eigenvalue weighted by molar-refractivity contribution is 0.669. The van der Waals surface area contributed by atoms with Gasteiger partial charge in [-0.2, -0.15) is 0 Å². The van der Waals surface area contributed by atoms with E-state index in [9.17, 15) is 0 Å². The van der Waals surface area contributed by atoms with E-state index in [1.807, 2.05) is 72.8 Å². The highest BCUT2D eigenvalue weighted by molar-refractivity contribution is 6.17. The lowest BCUT2D eigenvalue weighted by Gasteiger charge is -2.14. The number of furan rings is 2. The minimum atomic E-state index is 0.554. The Morgan fingerprint density at radius 1 is 0.310 bits per heavy atom. The minimum absolute atomic E-state index is 0.554. The topological polar surface area (TPSA) is 65.0 Å². The second-order valence-electron chi connectivity index (χ2n) is 14.7. The predicted octanol–water partition coefficient (Wildman–Crippen LogP) is 14.3. The first-order valence-corrected chi connectivity index (χ1v) is 19.4. The van der Waals surface area contributed by atoms with Crippen molar-refractivity contribution in [1.29, 1.82) is 0 Å². The Hall–Kier alpha value is -7.89. The number of para-hydroxylation sites is 3. The number of nitrogens with zero attached hydrogens (tertiary/aromatic N) is 3. The number of benzene rings is 9. The van der Waals surface area contributed by atoms with E-state index in [0.717, 1.165) is 82.8 Å². The van der Waals surface area contributed by atoms with E-state index in [1.54, 1.807) is 0 Å². The smallest absolute Gasteiger partial charge is 0.167 e. The van der Waals surface area contributed by atoms with Crippen LogP contribution < -0.4 is 0 Å². The Bertz CT molecular complexity index is 3570. The van der Waals surface area contributed by atoms with E-state index >= 15 is 0 Å². The molecule has 0 atom stereocenters. The Morgan fingerprint density at radius 2 is 0.897 bits per heavy atom. The third kappa shape index (κ3) is 5.14. The van der Waals surface area contributed by atoms with Crippen molar-refractivity contribution in [3.63, 3.8) is 0 Å². The molecule has 0 radical (unpaired) electrons. The number of hydrogen-bond donors (Lipinski definition) is 0. The Labute approximate surface area is 332 Å². The van der Waals surface area contributed by atoms with Crippen molar-refractivity contribution in [2.75, 3.05) is 0 Å². The van der Waals surface area contributed by atoms with Crippen LogP contribution in [0.3, 0.4) is 0 Å². The van der Waals surface area contributed by atoms with E-state index in [1.165, 1.54) is 21.5 Å². The van der Waals surface area contributed by atoms with Crippen LogP contribution in [0.5, 0.6) is 0 Å². The molecule has 0 N–H and O–H groups in total. The van der Waals surface area contributed by atoms with Gasteiger partial charge in [0, 0.05) is 38.2 Å². The molecule has 0 spiro atoms. The SMILES string of the molecule is c1ccc(-c2nc(-c3ccc(-c4c(-c5ccc6ccc7ccccc7c6c5)ccc5oc6ccccc6c45)cc3)nc(-c3cccc4c3oc3ccccc34)n2)cc1. The molecule has 270 valence electrons. The average Bonchev–Trinajstić information content (AvgIpc) is 3.87. The number of hydrogen-bond acceptors (Lipinski definition) is 5. The van der Waals surface area contributed by atoms with Gasteiger partial charge >= 0.3 is 0 Å². The molecule has 0 amide bonds. The molecule has 0 aliphatic heterocycles. The van der Waals surface area contributed by atoms with Crippen molar-refractivity contribution in [1.82, 2.24) is 15.0 Å². The Balaban J connectivity index is 1.04. The second kappa shape index (κ2) is 12.8. The summed E-state index contributed by atoms with van der Waals surface area (Å²) in [6.07, 6.45) is 0. The van der Waals surface area contributed by atoms with Crippen LogP contribution >= 0.6 is 0 Å². The van der Waals surface area contributed by atoms with Gasteiger partial charge in [-0.05, 0) is 68.6 Å². The van der Waals surface area contributed by atoms with Gasteiger partial charge in [0.1, 0.15) is 22.3 Å². The summed E-state index contributed by atoms with van der Waals surface area (Å²) in [6.45, 7) is 0. The van der Waals surface area contributed by atoms with Crippen molar-refractivity contribution in [2.24, 2.45) is 0 Å². The van der Waals surface area contributed by atoms with Crippen LogP contribution in [0.25, 0.3) is 122 Å². The van der Waals surface area contributed by atoms with Crippen molar-refractivity contribution in [3.8, 4) is 56.4 Å². The molecule has 0 saturated carbocycles. The number of fused-ring (bicyclic) bond motifs is 9. The summed E-state index contributed by atoms with van der Waals surface area (Å²) in [5.41, 5.74) is 10.4. The molecular formula is C53H31N3O2. The molecule has 0 unspecified atom stereocenters. The fraction of sp³-hybridized carbons (Fsp3) is 0. The molecule has 5 nitrogen and oxygen atoms in total. The van der Waals surface area contributed by atoms with Gasteiger partial charge < -0.3 is 8.83 Å². The molecular weight excluding hydrogens is 711 g/mol. The Morgan fingerprint density at radius 3 is 1.71 bits per heavy atom. The minimum Gasteiger partial charge on any atom is -0.456 e. The summed E-state index contributed by atoms with van der Waals surface area (Å²) >= 11 is 0. The molecule has 3 aromatic heterocycles. The van der Waals surface area contributed by atoms with E-state index in [2.05, 4.69) is 115 Å². The molecule has 0 aliphatic rings. The van der Waals surface area contributed by atoms with Crippen LogP contribution in [0, 0.1) is 0 Å². The van der Waals surface area contributed by atoms with Crippen LogP contribution in [0.15, 0.2) is 197 Å². The van der Waals surface area contributed by atoms with E-state index in [4.69, 9.17) is 23.8 Å². The number of aromatic nitrogens is 3. The van der Waals surface area contributed by atoms with Crippen molar-refractivity contribution in [2.45, 2.75) is 0 Å². The van der Waals surface area contributed by atoms with Crippen molar-refractivity contribution < 1.29 is 8.83 Å². The zero-order valence-electron chi connectivity index (χ0n) is 31.1. The molecule has 0 fully saturated rings. The summed E-state index contributed by atoms with van der Waals surface area (Å²) in [5.74, 6) is 1.73. The summed E-state index contributed by atoms with van der Waals surface area (Å²) < 4.78 is 12.9. The van der Waals surface area contributed by atoms with Crippen molar-refractivity contribution >= 4 is 65.4 Å². The first-order valence-electron chi connectivity index (χ1n) is 19.4. The van der Waals surface area contributed by atoms with Gasteiger partial charge in [-0.3, -0.25) is 0 Å². The zero-order valence-corrected chi connectivity index (χ0v) is 31.1. The molecule has 3 heterocycles. The second-order valence-corrected chi connectivity index (χ2v) is 14.7. The van der Waals surface area contributed by atoms with Gasteiger partial charge in [0.05, 0.1) is 5.56 Å². The molecule has 9 aromatic carbocycles. The van der Waals surface area contributed by atoms with Gasteiger partial charge in [-0.1, -0.05) is 158 Å². The highest BCUT2D eigenvalue weighted by Gasteiger charge is 2.20. The average molecular weight is 742 g/mol. The van der Waals surface area contributed by atoms with Crippen LogP contribution in [0.4, 0.5) is 0 Å². The van der Waals surface area contributed by atoms with Gasteiger partial charge in [0.15, 0.2) is 17.5 Å². The lowest BCUT2D eigenvalue weighted by Crippen LogP contribution is -2.00. The summed E-state index contributed by atoms with van der Waals surface area (Å²) in [4.78, 5) is 15.2. The summed E-state index contributed by atoms with van der Waals surface area (Å²) in [7, 11) is 0. The number of rotatable bonds is 5. The monoisotopic (exact) mass is 741 g/mol. The van der Waals surface area contributed by atoms with Crippen LogP contribution in [-0.4, -0.2) is 15.0 Å². The molecule has 58 heavy (non-hydrogen) atoms. The van der Waals surface area contributed by atoms with Crippen molar-refractivity contribution in [3.05, 3.63) is 188 Å². The maximum atomic E-state index is 6.45. The van der Waals surface area contributed by atoms with E-state index < -0.39 is 0 Å².